The van der Waals surface area contributed by atoms with E-state index in [2.05, 4.69) is 0 Å². The molecule has 0 aromatic heterocycles. The van der Waals surface area contributed by atoms with Crippen LogP contribution in [0.2, 0.25) is 0 Å². The predicted octanol–water partition coefficient (Wildman–Crippen LogP) is 1.78. The maximum atomic E-state index is 11.6. The fourth-order valence-electron chi connectivity index (χ4n) is 1.35. The number of hydrogen-bond acceptors (Lipinski definition) is 3. The number of aromatic hydroxyl groups is 1. The molecule has 1 rings (SSSR count). The molecule has 0 heterocycles. The summed E-state index contributed by atoms with van der Waals surface area (Å²) in [6, 6.07) is 4.39. The number of hydrogen-bond donors (Lipinski definition) is 2. The molecule has 0 spiro atoms. The highest BCUT2D eigenvalue weighted by Gasteiger charge is 2.08. The largest absolute Gasteiger partial charge is 0.508 e. The van der Waals surface area contributed by atoms with E-state index in [0.29, 0.717) is 17.5 Å². The maximum Gasteiger partial charge on any atom is 0.328 e. The van der Waals surface area contributed by atoms with E-state index >= 15 is 0 Å². The molecule has 0 radical (unpaired) electrons. The minimum absolute atomic E-state index is 0.0932. The van der Waals surface area contributed by atoms with Crippen LogP contribution in [-0.4, -0.2) is 22.0 Å². The zero-order chi connectivity index (χ0) is 12.1. The SMILES string of the molecule is CCc1cc(O)ccc1C(=O)/C=C/C(=O)O. The second kappa shape index (κ2) is 5.11. The average molecular weight is 220 g/mol. The van der Waals surface area contributed by atoms with Crippen LogP contribution in [0.4, 0.5) is 0 Å². The molecule has 0 bridgehead atoms. The molecule has 0 aliphatic heterocycles. The number of phenols is 1. The molecular weight excluding hydrogens is 208 g/mol. The second-order valence-corrected chi connectivity index (χ2v) is 3.23. The van der Waals surface area contributed by atoms with Gasteiger partial charge in [0, 0.05) is 11.6 Å². The summed E-state index contributed by atoms with van der Waals surface area (Å²) in [7, 11) is 0. The Hall–Kier alpha value is -2.10. The Kier molecular flexibility index (Phi) is 3.83. The smallest absolute Gasteiger partial charge is 0.328 e. The van der Waals surface area contributed by atoms with Gasteiger partial charge in [-0.2, -0.15) is 0 Å². The quantitative estimate of drug-likeness (QED) is 0.599. The molecule has 1 aromatic carbocycles. The van der Waals surface area contributed by atoms with Crippen molar-refractivity contribution in [3.8, 4) is 5.75 Å². The van der Waals surface area contributed by atoms with Crippen molar-refractivity contribution >= 4 is 11.8 Å². The number of aryl methyl sites for hydroxylation is 1. The van der Waals surface area contributed by atoms with E-state index < -0.39 is 5.97 Å². The topological polar surface area (TPSA) is 74.6 Å². The molecule has 0 fully saturated rings. The molecule has 0 saturated heterocycles. The van der Waals surface area contributed by atoms with Crippen molar-refractivity contribution < 1.29 is 19.8 Å². The number of rotatable bonds is 4. The summed E-state index contributed by atoms with van der Waals surface area (Å²) in [6.07, 6.45) is 2.40. The minimum Gasteiger partial charge on any atom is -0.508 e. The van der Waals surface area contributed by atoms with Crippen LogP contribution in [0.3, 0.4) is 0 Å². The van der Waals surface area contributed by atoms with E-state index in [4.69, 9.17) is 5.11 Å². The standard InChI is InChI=1S/C12H12O4/c1-2-8-7-9(13)3-4-10(8)11(14)5-6-12(15)16/h3-7,13H,2H2,1H3,(H,15,16)/b6-5+. The van der Waals surface area contributed by atoms with Crippen LogP contribution in [0.15, 0.2) is 30.4 Å². The lowest BCUT2D eigenvalue weighted by Crippen LogP contribution is -2.01. The van der Waals surface area contributed by atoms with E-state index in [1.807, 2.05) is 6.92 Å². The van der Waals surface area contributed by atoms with Crippen molar-refractivity contribution in [3.05, 3.63) is 41.5 Å². The first kappa shape index (κ1) is 12.0. The number of carbonyl (C=O) groups is 2. The van der Waals surface area contributed by atoms with Crippen LogP contribution >= 0.6 is 0 Å². The highest BCUT2D eigenvalue weighted by atomic mass is 16.4. The fourth-order valence-corrected chi connectivity index (χ4v) is 1.35. The monoisotopic (exact) mass is 220 g/mol. The first-order valence-electron chi connectivity index (χ1n) is 4.81. The molecule has 16 heavy (non-hydrogen) atoms. The average Bonchev–Trinajstić information content (AvgIpc) is 2.25. The summed E-state index contributed by atoms with van der Waals surface area (Å²) in [6.45, 7) is 1.85. The minimum atomic E-state index is -1.16. The third-order valence-corrected chi connectivity index (χ3v) is 2.11. The van der Waals surface area contributed by atoms with E-state index in [0.717, 1.165) is 12.2 Å². The van der Waals surface area contributed by atoms with Gasteiger partial charge in [0.1, 0.15) is 5.75 Å². The van der Waals surface area contributed by atoms with Crippen molar-refractivity contribution in [2.24, 2.45) is 0 Å². The van der Waals surface area contributed by atoms with Gasteiger partial charge < -0.3 is 10.2 Å². The van der Waals surface area contributed by atoms with Gasteiger partial charge in [0.05, 0.1) is 0 Å². The molecule has 0 aliphatic rings. The highest BCUT2D eigenvalue weighted by Crippen LogP contribution is 2.18. The van der Waals surface area contributed by atoms with Gasteiger partial charge in [-0.15, -0.1) is 0 Å². The van der Waals surface area contributed by atoms with Gasteiger partial charge in [-0.25, -0.2) is 4.79 Å². The van der Waals surface area contributed by atoms with Gasteiger partial charge in [-0.05, 0) is 36.3 Å². The first-order chi connectivity index (χ1) is 7.54. The summed E-state index contributed by atoms with van der Waals surface area (Å²) < 4.78 is 0. The summed E-state index contributed by atoms with van der Waals surface area (Å²) in [5, 5.41) is 17.6. The number of phenolic OH excluding ortho intramolecular Hbond substituents is 1. The lowest BCUT2D eigenvalue weighted by Gasteiger charge is -2.04. The number of ketones is 1. The molecule has 4 nitrogen and oxygen atoms in total. The highest BCUT2D eigenvalue weighted by molar-refractivity contribution is 6.07. The van der Waals surface area contributed by atoms with Crippen molar-refractivity contribution in [2.45, 2.75) is 13.3 Å². The predicted molar refractivity (Wildman–Crippen MR) is 58.6 cm³/mol. The van der Waals surface area contributed by atoms with Gasteiger partial charge in [-0.3, -0.25) is 4.79 Å². The number of carboxylic acid groups (broad SMARTS) is 1. The van der Waals surface area contributed by atoms with Crippen LogP contribution in [-0.2, 0) is 11.2 Å². The van der Waals surface area contributed by atoms with E-state index in [1.165, 1.54) is 18.2 Å². The number of benzene rings is 1. The summed E-state index contributed by atoms with van der Waals surface area (Å²) in [5.41, 5.74) is 1.11. The Morgan fingerprint density at radius 1 is 1.31 bits per heavy atom. The fraction of sp³-hybridized carbons (Fsp3) is 0.167. The van der Waals surface area contributed by atoms with Gasteiger partial charge in [-0.1, -0.05) is 6.92 Å². The molecule has 0 saturated carbocycles. The van der Waals surface area contributed by atoms with Gasteiger partial charge >= 0.3 is 5.97 Å². The van der Waals surface area contributed by atoms with Gasteiger partial charge in [0.15, 0.2) is 5.78 Å². The molecular formula is C12H12O4. The molecule has 84 valence electrons. The number of allylic oxidation sites excluding steroid dienone is 1. The van der Waals surface area contributed by atoms with Gasteiger partial charge in [0.2, 0.25) is 0 Å². The Balaban J connectivity index is 3.04. The van der Waals surface area contributed by atoms with E-state index in [1.54, 1.807) is 0 Å². The number of aliphatic carboxylic acids is 1. The first-order valence-corrected chi connectivity index (χ1v) is 4.81. The van der Waals surface area contributed by atoms with E-state index in [-0.39, 0.29) is 11.5 Å². The molecule has 0 unspecified atom stereocenters. The maximum absolute atomic E-state index is 11.6. The Labute approximate surface area is 92.8 Å². The van der Waals surface area contributed by atoms with Crippen molar-refractivity contribution in [3.63, 3.8) is 0 Å². The third kappa shape index (κ3) is 2.95. The normalized spacial score (nSPS) is 10.6. The van der Waals surface area contributed by atoms with Crippen molar-refractivity contribution in [2.75, 3.05) is 0 Å². The molecule has 2 N–H and O–H groups in total. The number of carboxylic acids is 1. The molecule has 0 atom stereocenters. The van der Waals surface area contributed by atoms with Crippen molar-refractivity contribution in [1.29, 1.82) is 0 Å². The molecule has 0 aliphatic carbocycles. The zero-order valence-corrected chi connectivity index (χ0v) is 8.80. The summed E-state index contributed by atoms with van der Waals surface area (Å²) in [4.78, 5) is 21.9. The summed E-state index contributed by atoms with van der Waals surface area (Å²) >= 11 is 0. The van der Waals surface area contributed by atoms with Gasteiger partial charge in [0.25, 0.3) is 0 Å². The lowest BCUT2D eigenvalue weighted by molar-refractivity contribution is -0.131. The Morgan fingerprint density at radius 2 is 2.00 bits per heavy atom. The number of carbonyl (C=O) groups excluding carboxylic acids is 1. The second-order valence-electron chi connectivity index (χ2n) is 3.23. The van der Waals surface area contributed by atoms with Crippen molar-refractivity contribution in [1.82, 2.24) is 0 Å². The molecule has 0 amide bonds. The summed E-state index contributed by atoms with van der Waals surface area (Å²) in [5.74, 6) is -1.44. The van der Waals surface area contributed by atoms with Crippen LogP contribution in [0.5, 0.6) is 5.75 Å². The lowest BCUT2D eigenvalue weighted by atomic mass is 10.0. The Morgan fingerprint density at radius 3 is 2.56 bits per heavy atom. The molecule has 1 aromatic rings. The third-order valence-electron chi connectivity index (χ3n) is 2.11. The van der Waals surface area contributed by atoms with Crippen LogP contribution in [0, 0.1) is 0 Å². The van der Waals surface area contributed by atoms with Crippen LogP contribution < -0.4 is 0 Å². The Bertz CT molecular complexity index is 446. The molecule has 4 heteroatoms. The van der Waals surface area contributed by atoms with E-state index in [9.17, 15) is 14.7 Å². The van der Waals surface area contributed by atoms with Crippen LogP contribution in [0.1, 0.15) is 22.8 Å². The zero-order valence-electron chi connectivity index (χ0n) is 8.80. The van der Waals surface area contributed by atoms with Crippen LogP contribution in [0.25, 0.3) is 0 Å².